The van der Waals surface area contributed by atoms with Crippen molar-refractivity contribution in [3.05, 3.63) is 23.2 Å². The first-order valence-electron chi connectivity index (χ1n) is 6.02. The van der Waals surface area contributed by atoms with E-state index >= 15 is 0 Å². The highest BCUT2D eigenvalue weighted by atomic mass is 32.2. The second-order valence-electron chi connectivity index (χ2n) is 4.61. The Morgan fingerprint density at radius 1 is 1.42 bits per heavy atom. The molecule has 2 rings (SSSR count). The predicted molar refractivity (Wildman–Crippen MR) is 66.9 cm³/mol. The molecule has 0 radical (unpaired) electrons. The molecule has 1 aliphatic heterocycles. The zero-order valence-electron chi connectivity index (χ0n) is 10.6. The first-order valence-corrected chi connectivity index (χ1v) is 7.73. The molecule has 0 unspecified atom stereocenters. The molecule has 1 aromatic rings. The first-order chi connectivity index (χ1) is 8.90. The third-order valence-electron chi connectivity index (χ3n) is 3.22. The largest absolute Gasteiger partial charge is 0.478 e. The number of carboxylic acids is 1. The molecule has 1 aliphatic rings. The number of aryl methyl sites for hydroxylation is 1. The SMILES string of the molecule is Cc1oc(CS(=O)(=O)C2CCOCC2)cc1C(=O)O. The van der Waals surface area contributed by atoms with Crippen LogP contribution in [0.15, 0.2) is 10.5 Å². The molecule has 1 N–H and O–H groups in total. The summed E-state index contributed by atoms with van der Waals surface area (Å²) < 4.78 is 34.7. The number of carboxylic acid groups (broad SMARTS) is 1. The lowest BCUT2D eigenvalue weighted by molar-refractivity contribution is 0.0695. The van der Waals surface area contributed by atoms with E-state index in [0.717, 1.165) is 0 Å². The molecule has 1 aromatic heterocycles. The summed E-state index contributed by atoms with van der Waals surface area (Å²) in [5, 5.41) is 8.47. The molecule has 0 atom stereocenters. The van der Waals surface area contributed by atoms with E-state index in [0.29, 0.717) is 26.1 Å². The quantitative estimate of drug-likeness (QED) is 0.899. The van der Waals surface area contributed by atoms with Crippen molar-refractivity contribution in [2.75, 3.05) is 13.2 Å². The number of aromatic carboxylic acids is 1. The van der Waals surface area contributed by atoms with Crippen molar-refractivity contribution in [1.82, 2.24) is 0 Å². The lowest BCUT2D eigenvalue weighted by atomic mass is 10.2. The molecule has 1 saturated heterocycles. The Hall–Kier alpha value is -1.34. The van der Waals surface area contributed by atoms with Gasteiger partial charge in [-0.2, -0.15) is 0 Å². The van der Waals surface area contributed by atoms with Crippen molar-refractivity contribution >= 4 is 15.8 Å². The van der Waals surface area contributed by atoms with E-state index in [2.05, 4.69) is 0 Å². The second kappa shape index (κ2) is 5.34. The number of sulfone groups is 1. The van der Waals surface area contributed by atoms with Crippen LogP contribution in [0.1, 0.15) is 34.7 Å². The van der Waals surface area contributed by atoms with Gasteiger partial charge in [0.1, 0.15) is 22.8 Å². The summed E-state index contributed by atoms with van der Waals surface area (Å²) in [5.41, 5.74) is 0.0113. The molecule has 0 aliphatic carbocycles. The van der Waals surface area contributed by atoms with Crippen LogP contribution in [0.4, 0.5) is 0 Å². The average Bonchev–Trinajstić information content (AvgIpc) is 2.71. The number of carbonyl (C=O) groups is 1. The van der Waals surface area contributed by atoms with Crippen LogP contribution in [0, 0.1) is 6.92 Å². The van der Waals surface area contributed by atoms with Crippen LogP contribution < -0.4 is 0 Å². The number of furan rings is 1. The van der Waals surface area contributed by atoms with Crippen LogP contribution in [-0.2, 0) is 20.3 Å². The third kappa shape index (κ3) is 3.16. The van der Waals surface area contributed by atoms with Gasteiger partial charge >= 0.3 is 5.97 Å². The van der Waals surface area contributed by atoms with E-state index < -0.39 is 21.1 Å². The maximum Gasteiger partial charge on any atom is 0.339 e. The molecule has 0 amide bonds. The van der Waals surface area contributed by atoms with Crippen LogP contribution in [0.2, 0.25) is 0 Å². The summed E-state index contributed by atoms with van der Waals surface area (Å²) in [6.07, 6.45) is 0.960. The zero-order chi connectivity index (χ0) is 14.0. The summed E-state index contributed by atoms with van der Waals surface area (Å²) in [5.74, 6) is -0.965. The van der Waals surface area contributed by atoms with Gasteiger partial charge < -0.3 is 14.3 Å². The Morgan fingerprint density at radius 2 is 2.05 bits per heavy atom. The van der Waals surface area contributed by atoms with E-state index in [-0.39, 0.29) is 22.8 Å². The van der Waals surface area contributed by atoms with Gasteiger partial charge in [0, 0.05) is 13.2 Å². The molecule has 6 nitrogen and oxygen atoms in total. The summed E-state index contributed by atoms with van der Waals surface area (Å²) in [4.78, 5) is 10.9. The Balaban J connectivity index is 2.15. The van der Waals surface area contributed by atoms with Crippen molar-refractivity contribution in [3.8, 4) is 0 Å². The van der Waals surface area contributed by atoms with Crippen molar-refractivity contribution in [1.29, 1.82) is 0 Å². The molecule has 1 fully saturated rings. The molecule has 19 heavy (non-hydrogen) atoms. The Kier molecular flexibility index (Phi) is 3.96. The van der Waals surface area contributed by atoms with Gasteiger partial charge in [0.05, 0.1) is 5.25 Å². The fourth-order valence-electron chi connectivity index (χ4n) is 2.18. The van der Waals surface area contributed by atoms with Gasteiger partial charge in [-0.15, -0.1) is 0 Å². The maximum absolute atomic E-state index is 12.2. The number of hydrogen-bond acceptors (Lipinski definition) is 5. The molecule has 0 bridgehead atoms. The standard InChI is InChI=1S/C12H16O6S/c1-8-11(12(13)14)6-9(18-8)7-19(15,16)10-2-4-17-5-3-10/h6,10H,2-5,7H2,1H3,(H,13,14). The highest BCUT2D eigenvalue weighted by molar-refractivity contribution is 7.91. The van der Waals surface area contributed by atoms with Crippen molar-refractivity contribution < 1.29 is 27.5 Å². The van der Waals surface area contributed by atoms with Crippen LogP contribution in [0.5, 0.6) is 0 Å². The Labute approximate surface area is 111 Å². The molecular formula is C12H16O6S. The highest BCUT2D eigenvalue weighted by Crippen LogP contribution is 2.23. The zero-order valence-corrected chi connectivity index (χ0v) is 11.4. The number of rotatable bonds is 4. The monoisotopic (exact) mass is 288 g/mol. The summed E-state index contributed by atoms with van der Waals surface area (Å²) in [7, 11) is -3.33. The van der Waals surface area contributed by atoms with Gasteiger partial charge in [-0.05, 0) is 25.8 Å². The average molecular weight is 288 g/mol. The molecule has 0 saturated carbocycles. The minimum absolute atomic E-state index is 0.0113. The summed E-state index contributed by atoms with van der Waals surface area (Å²) in [6, 6.07) is 1.29. The van der Waals surface area contributed by atoms with Crippen LogP contribution in [-0.4, -0.2) is 38.0 Å². The third-order valence-corrected chi connectivity index (χ3v) is 5.39. The minimum atomic E-state index is -3.33. The predicted octanol–water partition coefficient (Wildman–Crippen LogP) is 1.38. The number of ether oxygens (including phenoxy) is 1. The van der Waals surface area contributed by atoms with Gasteiger partial charge in [0.15, 0.2) is 9.84 Å². The smallest absolute Gasteiger partial charge is 0.339 e. The topological polar surface area (TPSA) is 93.8 Å². The fourth-order valence-corrected chi connectivity index (χ4v) is 3.86. The van der Waals surface area contributed by atoms with Crippen molar-refractivity contribution in [2.24, 2.45) is 0 Å². The van der Waals surface area contributed by atoms with E-state index in [4.69, 9.17) is 14.3 Å². The second-order valence-corrected chi connectivity index (χ2v) is 6.89. The molecular weight excluding hydrogens is 272 g/mol. The van der Waals surface area contributed by atoms with E-state index in [9.17, 15) is 13.2 Å². The van der Waals surface area contributed by atoms with E-state index in [1.165, 1.54) is 13.0 Å². The van der Waals surface area contributed by atoms with Crippen molar-refractivity contribution in [3.63, 3.8) is 0 Å². The maximum atomic E-state index is 12.2. The van der Waals surface area contributed by atoms with Crippen LogP contribution in [0.3, 0.4) is 0 Å². The molecule has 106 valence electrons. The lowest BCUT2D eigenvalue weighted by Crippen LogP contribution is -2.29. The van der Waals surface area contributed by atoms with Gasteiger partial charge in [-0.1, -0.05) is 0 Å². The van der Waals surface area contributed by atoms with E-state index in [1.54, 1.807) is 0 Å². The normalized spacial score (nSPS) is 17.5. The Morgan fingerprint density at radius 3 is 2.58 bits per heavy atom. The number of hydrogen-bond donors (Lipinski definition) is 1. The van der Waals surface area contributed by atoms with E-state index in [1.807, 2.05) is 0 Å². The van der Waals surface area contributed by atoms with Crippen LogP contribution >= 0.6 is 0 Å². The van der Waals surface area contributed by atoms with Gasteiger partial charge in [0.25, 0.3) is 0 Å². The van der Waals surface area contributed by atoms with Gasteiger partial charge in [-0.25, -0.2) is 13.2 Å². The van der Waals surface area contributed by atoms with Crippen molar-refractivity contribution in [2.45, 2.75) is 30.8 Å². The molecule has 0 spiro atoms. The van der Waals surface area contributed by atoms with Gasteiger partial charge in [0.2, 0.25) is 0 Å². The molecule has 7 heteroatoms. The lowest BCUT2D eigenvalue weighted by Gasteiger charge is -2.21. The summed E-state index contributed by atoms with van der Waals surface area (Å²) in [6.45, 7) is 2.40. The minimum Gasteiger partial charge on any atom is -0.478 e. The first kappa shape index (κ1) is 14.1. The van der Waals surface area contributed by atoms with Gasteiger partial charge in [-0.3, -0.25) is 0 Å². The Bertz CT molecular complexity index is 565. The fraction of sp³-hybridized carbons (Fsp3) is 0.583. The summed E-state index contributed by atoms with van der Waals surface area (Å²) >= 11 is 0. The van der Waals surface area contributed by atoms with Crippen LogP contribution in [0.25, 0.3) is 0 Å². The molecule has 2 heterocycles. The molecule has 0 aromatic carbocycles. The highest BCUT2D eigenvalue weighted by Gasteiger charge is 2.29.